The maximum Gasteiger partial charge on any atom is 0.182 e. The van der Waals surface area contributed by atoms with Gasteiger partial charge in [-0.1, -0.05) is 37.3 Å². The van der Waals surface area contributed by atoms with E-state index in [9.17, 15) is 4.79 Å². The van der Waals surface area contributed by atoms with E-state index in [2.05, 4.69) is 24.0 Å². The first-order chi connectivity index (χ1) is 12.2. The van der Waals surface area contributed by atoms with Crippen LogP contribution in [0.5, 0.6) is 5.75 Å². The number of benzene rings is 1. The van der Waals surface area contributed by atoms with Crippen molar-refractivity contribution >= 4 is 11.4 Å². The molecule has 0 aliphatic heterocycles. The van der Waals surface area contributed by atoms with Gasteiger partial charge in [0.05, 0.1) is 12.3 Å². The number of fused-ring (bicyclic) bond motifs is 1. The van der Waals surface area contributed by atoms with Crippen LogP contribution in [-0.2, 0) is 0 Å². The van der Waals surface area contributed by atoms with E-state index in [1.165, 1.54) is 5.56 Å². The van der Waals surface area contributed by atoms with Crippen LogP contribution in [0, 0.1) is 6.92 Å². The number of carbonyl (C=O) groups excluding carboxylic acids is 1. The highest BCUT2D eigenvalue weighted by molar-refractivity contribution is 5.97. The molecule has 3 aromatic rings. The van der Waals surface area contributed by atoms with Crippen molar-refractivity contribution in [2.75, 3.05) is 6.61 Å². The average Bonchev–Trinajstić information content (AvgIpc) is 2.97. The minimum absolute atomic E-state index is 0.120. The summed E-state index contributed by atoms with van der Waals surface area (Å²) in [5.41, 5.74) is 3.32. The molecule has 0 bridgehead atoms. The summed E-state index contributed by atoms with van der Waals surface area (Å²) < 4.78 is 7.51. The molecule has 25 heavy (non-hydrogen) atoms. The molecule has 0 saturated heterocycles. The summed E-state index contributed by atoms with van der Waals surface area (Å²) in [7, 11) is 0. The Morgan fingerprint density at radius 3 is 2.60 bits per heavy atom. The fourth-order valence-electron chi connectivity index (χ4n) is 3.30. The van der Waals surface area contributed by atoms with Crippen molar-refractivity contribution in [3.05, 3.63) is 65.6 Å². The van der Waals surface area contributed by atoms with Crippen molar-refractivity contribution in [2.24, 2.45) is 0 Å². The van der Waals surface area contributed by atoms with Crippen LogP contribution in [-0.4, -0.2) is 21.8 Å². The van der Waals surface area contributed by atoms with Crippen LogP contribution in [0.3, 0.4) is 0 Å². The summed E-state index contributed by atoms with van der Waals surface area (Å²) in [5.74, 6) is 1.05. The van der Waals surface area contributed by atoms with Gasteiger partial charge < -0.3 is 4.74 Å². The van der Waals surface area contributed by atoms with E-state index in [4.69, 9.17) is 4.74 Å². The van der Waals surface area contributed by atoms with Gasteiger partial charge >= 0.3 is 0 Å². The van der Waals surface area contributed by atoms with E-state index in [-0.39, 0.29) is 11.7 Å². The summed E-state index contributed by atoms with van der Waals surface area (Å²) in [6.07, 6.45) is 3.29. The Kier molecular flexibility index (Phi) is 5.17. The molecule has 0 spiro atoms. The maximum atomic E-state index is 13.1. The summed E-state index contributed by atoms with van der Waals surface area (Å²) in [5, 5.41) is 0. The highest BCUT2D eigenvalue weighted by Crippen LogP contribution is 2.28. The lowest BCUT2D eigenvalue weighted by molar-refractivity contribution is 0.0966. The molecule has 0 amide bonds. The van der Waals surface area contributed by atoms with E-state index in [0.29, 0.717) is 30.1 Å². The van der Waals surface area contributed by atoms with E-state index in [1.807, 2.05) is 54.8 Å². The van der Waals surface area contributed by atoms with Gasteiger partial charge in [-0.25, -0.2) is 4.98 Å². The monoisotopic (exact) mass is 336 g/mol. The van der Waals surface area contributed by atoms with E-state index < -0.39 is 0 Å². The van der Waals surface area contributed by atoms with Crippen molar-refractivity contribution in [3.8, 4) is 5.75 Å². The van der Waals surface area contributed by atoms with Gasteiger partial charge in [-0.15, -0.1) is 0 Å². The summed E-state index contributed by atoms with van der Waals surface area (Å²) in [6.45, 7) is 6.52. The first kappa shape index (κ1) is 17.2. The molecule has 0 fully saturated rings. The van der Waals surface area contributed by atoms with Gasteiger partial charge in [-0.05, 0) is 43.9 Å². The Balaban J connectivity index is 1.94. The highest BCUT2D eigenvalue weighted by atomic mass is 16.5. The number of ether oxygens (including phenoxy) is 1. The van der Waals surface area contributed by atoms with Gasteiger partial charge in [0, 0.05) is 12.6 Å². The number of hydrogen-bond acceptors (Lipinski definition) is 3. The number of rotatable bonds is 7. The smallest absolute Gasteiger partial charge is 0.182 e. The van der Waals surface area contributed by atoms with Crippen molar-refractivity contribution in [1.29, 1.82) is 0 Å². The zero-order valence-electron chi connectivity index (χ0n) is 15.0. The van der Waals surface area contributed by atoms with Gasteiger partial charge in [0.2, 0.25) is 0 Å². The molecule has 0 unspecified atom stereocenters. The van der Waals surface area contributed by atoms with Gasteiger partial charge in [0.25, 0.3) is 0 Å². The van der Waals surface area contributed by atoms with Crippen LogP contribution >= 0.6 is 0 Å². The molecule has 0 aliphatic rings. The standard InChI is InChI=1S/C21H24N2O2/c1-4-16(17-10-7-6-8-11-17)14-18(24)20-15(3)22-21-19(25-5-2)12-9-13-23(20)21/h6-13,16H,4-5,14H2,1-3H3/t16-/m1/s1. The number of pyridine rings is 1. The SMILES string of the molecule is CCOc1cccn2c(C(=O)C[C@@H](CC)c3ccccc3)c(C)nc12. The Hall–Kier alpha value is -2.62. The third-order valence-electron chi connectivity index (χ3n) is 4.55. The lowest BCUT2D eigenvalue weighted by atomic mass is 9.90. The molecule has 3 rings (SSSR count). The van der Waals surface area contributed by atoms with Crippen LogP contribution in [0.25, 0.3) is 5.65 Å². The first-order valence-electron chi connectivity index (χ1n) is 8.84. The fraction of sp³-hybridized carbons (Fsp3) is 0.333. The van der Waals surface area contributed by atoms with Crippen molar-refractivity contribution in [3.63, 3.8) is 0 Å². The second-order valence-corrected chi connectivity index (χ2v) is 6.19. The molecule has 2 heterocycles. The van der Waals surface area contributed by atoms with Gasteiger partial charge in [-0.2, -0.15) is 0 Å². The number of aromatic nitrogens is 2. The minimum atomic E-state index is 0.120. The van der Waals surface area contributed by atoms with Crippen molar-refractivity contribution in [1.82, 2.24) is 9.38 Å². The molecule has 130 valence electrons. The normalized spacial score (nSPS) is 12.3. The Labute approximate surface area is 148 Å². The van der Waals surface area contributed by atoms with Crippen LogP contribution in [0.2, 0.25) is 0 Å². The van der Waals surface area contributed by atoms with Gasteiger partial charge in [0.1, 0.15) is 5.69 Å². The van der Waals surface area contributed by atoms with E-state index >= 15 is 0 Å². The zero-order chi connectivity index (χ0) is 17.8. The number of nitrogens with zero attached hydrogens (tertiary/aromatic N) is 2. The van der Waals surface area contributed by atoms with E-state index in [1.54, 1.807) is 0 Å². The molecular weight excluding hydrogens is 312 g/mol. The Morgan fingerprint density at radius 2 is 1.92 bits per heavy atom. The second kappa shape index (κ2) is 7.51. The predicted octanol–water partition coefficient (Wildman–Crippen LogP) is 4.81. The molecule has 0 N–H and O–H groups in total. The minimum Gasteiger partial charge on any atom is -0.490 e. The van der Waals surface area contributed by atoms with Gasteiger partial charge in [-0.3, -0.25) is 9.20 Å². The zero-order valence-corrected chi connectivity index (χ0v) is 15.0. The first-order valence-corrected chi connectivity index (χ1v) is 8.84. The fourth-order valence-corrected chi connectivity index (χ4v) is 3.30. The molecular formula is C21H24N2O2. The summed E-state index contributed by atoms with van der Waals surface area (Å²) in [6, 6.07) is 14.0. The number of ketones is 1. The second-order valence-electron chi connectivity index (χ2n) is 6.19. The molecule has 1 aromatic carbocycles. The topological polar surface area (TPSA) is 43.6 Å². The maximum absolute atomic E-state index is 13.1. The van der Waals surface area contributed by atoms with Crippen molar-refractivity contribution < 1.29 is 9.53 Å². The van der Waals surface area contributed by atoms with Gasteiger partial charge in [0.15, 0.2) is 17.2 Å². The molecule has 2 aromatic heterocycles. The average molecular weight is 336 g/mol. The van der Waals surface area contributed by atoms with Crippen molar-refractivity contribution in [2.45, 2.75) is 39.5 Å². The van der Waals surface area contributed by atoms with E-state index in [0.717, 1.165) is 12.1 Å². The molecule has 4 nitrogen and oxygen atoms in total. The molecule has 0 aliphatic carbocycles. The highest BCUT2D eigenvalue weighted by Gasteiger charge is 2.22. The number of carbonyl (C=O) groups is 1. The third-order valence-corrected chi connectivity index (χ3v) is 4.55. The lowest BCUT2D eigenvalue weighted by Crippen LogP contribution is -2.11. The third kappa shape index (κ3) is 3.43. The predicted molar refractivity (Wildman–Crippen MR) is 99.5 cm³/mol. The molecule has 1 atom stereocenters. The summed E-state index contributed by atoms with van der Waals surface area (Å²) >= 11 is 0. The number of hydrogen-bond donors (Lipinski definition) is 0. The Morgan fingerprint density at radius 1 is 1.16 bits per heavy atom. The van der Waals surface area contributed by atoms with Crippen LogP contribution in [0.1, 0.15) is 54.4 Å². The lowest BCUT2D eigenvalue weighted by Gasteiger charge is -2.14. The number of imidazole rings is 1. The molecule has 0 radical (unpaired) electrons. The van der Waals surface area contributed by atoms with Crippen LogP contribution in [0.15, 0.2) is 48.7 Å². The number of aryl methyl sites for hydroxylation is 1. The summed E-state index contributed by atoms with van der Waals surface area (Å²) in [4.78, 5) is 17.6. The van der Waals surface area contributed by atoms with Crippen LogP contribution in [0.4, 0.5) is 0 Å². The molecule has 4 heteroatoms. The molecule has 0 saturated carbocycles. The Bertz CT molecular complexity index is 868. The quantitative estimate of drug-likeness (QED) is 0.582. The number of Topliss-reactive ketones (excluding diaryl/α,β-unsaturated/α-hetero) is 1. The van der Waals surface area contributed by atoms with Crippen LogP contribution < -0.4 is 4.74 Å². The largest absolute Gasteiger partial charge is 0.490 e.